The van der Waals surface area contributed by atoms with Gasteiger partial charge < -0.3 is 5.32 Å². The first kappa shape index (κ1) is 13.2. The van der Waals surface area contributed by atoms with Crippen LogP contribution in [0, 0.1) is 0 Å². The normalized spacial score (nSPS) is 15.0. The second kappa shape index (κ2) is 6.69. The fourth-order valence-corrected chi connectivity index (χ4v) is 2.07. The highest BCUT2D eigenvalue weighted by Crippen LogP contribution is 2.18. The Bertz CT molecular complexity index is 293. The van der Waals surface area contributed by atoms with E-state index < -0.39 is 0 Å². The number of rotatable bonds is 7. The molecule has 3 nitrogen and oxygen atoms in total. The van der Waals surface area contributed by atoms with Crippen LogP contribution in [0.3, 0.4) is 0 Å². The lowest BCUT2D eigenvalue weighted by Crippen LogP contribution is -2.19. The van der Waals surface area contributed by atoms with Crippen molar-refractivity contribution < 1.29 is 0 Å². The second-order valence-electron chi connectivity index (χ2n) is 4.41. The molecule has 1 heterocycles. The summed E-state index contributed by atoms with van der Waals surface area (Å²) in [5, 5.41) is 7.94. The van der Waals surface area contributed by atoms with Gasteiger partial charge in [-0.1, -0.05) is 27.2 Å². The number of aromatic nitrogens is 2. The maximum absolute atomic E-state index is 4.46. The topological polar surface area (TPSA) is 29.9 Å². The minimum atomic E-state index is 0.451. The molecule has 2 atom stereocenters. The molecular formula is C13H25N3. The molecule has 3 heteroatoms. The van der Waals surface area contributed by atoms with Gasteiger partial charge in [0.15, 0.2) is 0 Å². The van der Waals surface area contributed by atoms with Crippen LogP contribution in [0.1, 0.15) is 64.6 Å². The highest BCUT2D eigenvalue weighted by atomic mass is 15.3. The smallest absolute Gasteiger partial charge is 0.0537 e. The molecule has 0 aliphatic carbocycles. The molecule has 0 saturated carbocycles. The van der Waals surface area contributed by atoms with E-state index in [1.807, 2.05) is 6.20 Å². The van der Waals surface area contributed by atoms with E-state index in [-0.39, 0.29) is 0 Å². The van der Waals surface area contributed by atoms with Gasteiger partial charge in [0.2, 0.25) is 0 Å². The third-order valence-corrected chi connectivity index (χ3v) is 3.04. The Morgan fingerprint density at radius 2 is 2.12 bits per heavy atom. The van der Waals surface area contributed by atoms with E-state index >= 15 is 0 Å². The summed E-state index contributed by atoms with van der Waals surface area (Å²) in [5.41, 5.74) is 1.31. The van der Waals surface area contributed by atoms with Crippen molar-refractivity contribution >= 4 is 0 Å². The first-order valence-corrected chi connectivity index (χ1v) is 6.50. The van der Waals surface area contributed by atoms with Crippen LogP contribution >= 0.6 is 0 Å². The molecule has 2 unspecified atom stereocenters. The van der Waals surface area contributed by atoms with Crippen molar-refractivity contribution in [3.8, 4) is 0 Å². The highest BCUT2D eigenvalue weighted by Gasteiger charge is 2.12. The van der Waals surface area contributed by atoms with Crippen molar-refractivity contribution in [1.82, 2.24) is 15.1 Å². The van der Waals surface area contributed by atoms with Crippen LogP contribution in [0.2, 0.25) is 0 Å². The lowest BCUT2D eigenvalue weighted by molar-refractivity contribution is 0.453. The number of hydrogen-bond acceptors (Lipinski definition) is 2. The van der Waals surface area contributed by atoms with Gasteiger partial charge in [0, 0.05) is 23.8 Å². The lowest BCUT2D eigenvalue weighted by Gasteiger charge is -2.14. The molecule has 16 heavy (non-hydrogen) atoms. The average molecular weight is 223 g/mol. The molecule has 0 aromatic carbocycles. The van der Waals surface area contributed by atoms with E-state index in [9.17, 15) is 0 Å². The van der Waals surface area contributed by atoms with E-state index in [2.05, 4.69) is 49.0 Å². The van der Waals surface area contributed by atoms with Gasteiger partial charge in [-0.2, -0.15) is 5.10 Å². The SMILES string of the molecule is CCCC(C)n1cc(C(CC)NCC)cn1. The van der Waals surface area contributed by atoms with E-state index in [0.29, 0.717) is 12.1 Å². The Kier molecular flexibility index (Phi) is 5.53. The molecule has 0 bridgehead atoms. The zero-order valence-electron chi connectivity index (χ0n) is 11.0. The minimum Gasteiger partial charge on any atom is -0.310 e. The Morgan fingerprint density at radius 1 is 1.38 bits per heavy atom. The Labute approximate surface area is 99.2 Å². The summed E-state index contributed by atoms with van der Waals surface area (Å²) < 4.78 is 2.10. The van der Waals surface area contributed by atoms with Gasteiger partial charge in [0.1, 0.15) is 0 Å². The van der Waals surface area contributed by atoms with Crippen LogP contribution in [0.4, 0.5) is 0 Å². The Balaban J connectivity index is 2.68. The van der Waals surface area contributed by atoms with Crippen molar-refractivity contribution in [2.45, 2.75) is 59.0 Å². The lowest BCUT2D eigenvalue weighted by atomic mass is 10.1. The summed E-state index contributed by atoms with van der Waals surface area (Å²) >= 11 is 0. The van der Waals surface area contributed by atoms with E-state index in [1.54, 1.807) is 0 Å². The molecule has 0 fully saturated rings. The van der Waals surface area contributed by atoms with Gasteiger partial charge in [-0.05, 0) is 26.3 Å². The van der Waals surface area contributed by atoms with E-state index in [4.69, 9.17) is 0 Å². The number of nitrogens with zero attached hydrogens (tertiary/aromatic N) is 2. The summed E-state index contributed by atoms with van der Waals surface area (Å²) in [6, 6.07) is 0.963. The van der Waals surface area contributed by atoms with Crippen LogP contribution in [-0.2, 0) is 0 Å². The first-order chi connectivity index (χ1) is 7.72. The van der Waals surface area contributed by atoms with Gasteiger partial charge >= 0.3 is 0 Å². The summed E-state index contributed by atoms with van der Waals surface area (Å²) in [4.78, 5) is 0. The van der Waals surface area contributed by atoms with Gasteiger partial charge in [0.25, 0.3) is 0 Å². The van der Waals surface area contributed by atoms with Crippen molar-refractivity contribution in [2.75, 3.05) is 6.54 Å². The molecule has 92 valence electrons. The molecule has 1 N–H and O–H groups in total. The predicted molar refractivity (Wildman–Crippen MR) is 68.6 cm³/mol. The first-order valence-electron chi connectivity index (χ1n) is 6.50. The van der Waals surface area contributed by atoms with Crippen LogP contribution in [0.15, 0.2) is 12.4 Å². The molecular weight excluding hydrogens is 198 g/mol. The molecule has 1 rings (SSSR count). The van der Waals surface area contributed by atoms with E-state index in [1.165, 1.54) is 18.4 Å². The van der Waals surface area contributed by atoms with E-state index in [0.717, 1.165) is 13.0 Å². The van der Waals surface area contributed by atoms with Gasteiger partial charge in [-0.3, -0.25) is 4.68 Å². The summed E-state index contributed by atoms with van der Waals surface area (Å²) in [5.74, 6) is 0. The van der Waals surface area contributed by atoms with Crippen molar-refractivity contribution in [3.05, 3.63) is 18.0 Å². The minimum absolute atomic E-state index is 0.451. The number of hydrogen-bond donors (Lipinski definition) is 1. The summed E-state index contributed by atoms with van der Waals surface area (Å²) in [7, 11) is 0. The molecule has 0 radical (unpaired) electrons. The fourth-order valence-electron chi connectivity index (χ4n) is 2.07. The summed E-state index contributed by atoms with van der Waals surface area (Å²) in [6.07, 6.45) is 7.71. The zero-order chi connectivity index (χ0) is 12.0. The summed E-state index contributed by atoms with van der Waals surface area (Å²) in [6.45, 7) is 9.81. The molecule has 0 spiro atoms. The molecule has 0 aliphatic rings. The predicted octanol–water partition coefficient (Wildman–Crippen LogP) is 3.30. The van der Waals surface area contributed by atoms with Crippen molar-refractivity contribution in [1.29, 1.82) is 0 Å². The molecule has 1 aromatic heterocycles. The fraction of sp³-hybridized carbons (Fsp3) is 0.769. The molecule has 0 amide bonds. The standard InChI is InChI=1S/C13H25N3/c1-5-8-11(4)16-10-12(9-15-16)13(6-2)14-7-3/h9-11,13-14H,5-8H2,1-4H3. The maximum atomic E-state index is 4.46. The van der Waals surface area contributed by atoms with Crippen LogP contribution in [-0.4, -0.2) is 16.3 Å². The Hall–Kier alpha value is -0.830. The highest BCUT2D eigenvalue weighted by molar-refractivity contribution is 5.10. The molecule has 0 saturated heterocycles. The quantitative estimate of drug-likeness (QED) is 0.768. The van der Waals surface area contributed by atoms with Crippen molar-refractivity contribution in [3.63, 3.8) is 0 Å². The van der Waals surface area contributed by atoms with Crippen LogP contribution in [0.5, 0.6) is 0 Å². The van der Waals surface area contributed by atoms with Gasteiger partial charge in [0.05, 0.1) is 6.20 Å². The van der Waals surface area contributed by atoms with Gasteiger partial charge in [-0.15, -0.1) is 0 Å². The van der Waals surface area contributed by atoms with Gasteiger partial charge in [-0.25, -0.2) is 0 Å². The van der Waals surface area contributed by atoms with Crippen molar-refractivity contribution in [2.24, 2.45) is 0 Å². The van der Waals surface area contributed by atoms with Crippen LogP contribution < -0.4 is 5.32 Å². The molecule has 1 aromatic rings. The average Bonchev–Trinajstić information content (AvgIpc) is 2.75. The third-order valence-electron chi connectivity index (χ3n) is 3.04. The Morgan fingerprint density at radius 3 is 2.69 bits per heavy atom. The zero-order valence-corrected chi connectivity index (χ0v) is 11.0. The maximum Gasteiger partial charge on any atom is 0.0537 e. The largest absolute Gasteiger partial charge is 0.310 e. The molecule has 0 aliphatic heterocycles. The second-order valence-corrected chi connectivity index (χ2v) is 4.41. The van der Waals surface area contributed by atoms with Crippen LogP contribution in [0.25, 0.3) is 0 Å². The monoisotopic (exact) mass is 223 g/mol. The number of nitrogens with one attached hydrogen (secondary N) is 1. The third kappa shape index (κ3) is 3.34.